The Kier molecular flexibility index (Phi) is 4.83. The first-order valence-electron chi connectivity index (χ1n) is 4.28. The smallest absolute Gasteiger partial charge is 0.165 e. The second-order valence-electron chi connectivity index (χ2n) is 2.67. The molecule has 0 radical (unpaired) electrons. The van der Waals surface area contributed by atoms with E-state index in [9.17, 15) is 4.39 Å². The molecule has 72 valence electrons. The number of benzene rings is 1. The van der Waals surface area contributed by atoms with E-state index in [1.54, 1.807) is 18.2 Å². The number of unbranched alkanes of at least 4 members (excludes halogenated alkanes) is 1. The molecule has 0 bridgehead atoms. The van der Waals surface area contributed by atoms with Crippen molar-refractivity contribution < 1.29 is 9.13 Å². The van der Waals surface area contributed by atoms with Crippen molar-refractivity contribution in [2.45, 2.75) is 12.8 Å². The Bertz CT molecular complexity index is 252. The van der Waals surface area contributed by atoms with Crippen molar-refractivity contribution in [2.24, 2.45) is 0 Å². The quantitative estimate of drug-likeness (QED) is 0.572. The van der Waals surface area contributed by atoms with E-state index in [0.29, 0.717) is 12.4 Å². The Morgan fingerprint density at radius 3 is 2.69 bits per heavy atom. The lowest BCUT2D eigenvalue weighted by Gasteiger charge is -2.05. The molecule has 0 aromatic heterocycles. The van der Waals surface area contributed by atoms with Crippen LogP contribution in [0.5, 0.6) is 5.75 Å². The summed E-state index contributed by atoms with van der Waals surface area (Å²) in [6.45, 7) is 0.576. The summed E-state index contributed by atoms with van der Waals surface area (Å²) in [7, 11) is 0. The maximum Gasteiger partial charge on any atom is 0.165 e. The third kappa shape index (κ3) is 3.77. The van der Waals surface area contributed by atoms with Crippen LogP contribution in [-0.2, 0) is 0 Å². The molecule has 0 aliphatic rings. The van der Waals surface area contributed by atoms with Crippen molar-refractivity contribution in [1.29, 1.82) is 0 Å². The fraction of sp³-hybridized carbons (Fsp3) is 0.400. The highest BCUT2D eigenvalue weighted by Crippen LogP contribution is 2.15. The third-order valence-electron chi connectivity index (χ3n) is 1.62. The summed E-state index contributed by atoms with van der Waals surface area (Å²) in [6.07, 6.45) is 1.99. The molecule has 0 atom stereocenters. The maximum absolute atomic E-state index is 13.0. The lowest BCUT2D eigenvalue weighted by atomic mass is 10.3. The number of para-hydroxylation sites is 1. The Hall–Kier alpha value is -0.570. The van der Waals surface area contributed by atoms with Crippen LogP contribution in [-0.4, -0.2) is 11.9 Å². The van der Waals surface area contributed by atoms with Crippen LogP contribution in [0.1, 0.15) is 12.8 Å². The van der Waals surface area contributed by atoms with Crippen LogP contribution in [0.15, 0.2) is 24.3 Å². The number of alkyl halides is 1. The first kappa shape index (κ1) is 10.5. The van der Waals surface area contributed by atoms with E-state index in [1.165, 1.54) is 6.07 Å². The van der Waals surface area contributed by atoms with E-state index in [1.807, 2.05) is 0 Å². The summed E-state index contributed by atoms with van der Waals surface area (Å²) < 4.78 is 18.2. The predicted octanol–water partition coefficient (Wildman–Crippen LogP) is 3.38. The van der Waals surface area contributed by atoms with Gasteiger partial charge < -0.3 is 4.74 Å². The second-order valence-corrected chi connectivity index (χ2v) is 3.47. The number of hydrogen-bond acceptors (Lipinski definition) is 1. The highest BCUT2D eigenvalue weighted by Gasteiger charge is 1.99. The monoisotopic (exact) mass is 246 g/mol. The maximum atomic E-state index is 13.0. The minimum Gasteiger partial charge on any atom is -0.491 e. The molecule has 0 amide bonds. The zero-order valence-electron chi connectivity index (χ0n) is 7.30. The predicted molar refractivity (Wildman–Crippen MR) is 54.9 cm³/mol. The van der Waals surface area contributed by atoms with E-state index in [0.717, 1.165) is 18.2 Å². The molecule has 0 unspecified atom stereocenters. The van der Waals surface area contributed by atoms with E-state index in [4.69, 9.17) is 4.74 Å². The highest BCUT2D eigenvalue weighted by atomic mass is 79.9. The molecule has 1 aromatic rings. The van der Waals surface area contributed by atoms with Gasteiger partial charge in [-0.25, -0.2) is 4.39 Å². The van der Waals surface area contributed by atoms with Gasteiger partial charge in [-0.2, -0.15) is 0 Å². The molecule has 0 saturated carbocycles. The van der Waals surface area contributed by atoms with Gasteiger partial charge in [0.05, 0.1) is 6.61 Å². The number of hydrogen-bond donors (Lipinski definition) is 0. The lowest BCUT2D eigenvalue weighted by Crippen LogP contribution is -1.98. The molecule has 0 aliphatic carbocycles. The Morgan fingerprint density at radius 2 is 2.00 bits per heavy atom. The fourth-order valence-corrected chi connectivity index (χ4v) is 1.34. The lowest BCUT2D eigenvalue weighted by molar-refractivity contribution is 0.295. The summed E-state index contributed by atoms with van der Waals surface area (Å²) in [5.74, 6) is 0.0541. The molecule has 0 spiro atoms. The number of halogens is 2. The molecule has 0 aliphatic heterocycles. The largest absolute Gasteiger partial charge is 0.491 e. The van der Waals surface area contributed by atoms with Gasteiger partial charge in [0.2, 0.25) is 0 Å². The minimum atomic E-state index is -0.290. The molecular weight excluding hydrogens is 235 g/mol. The molecule has 0 N–H and O–H groups in total. The number of rotatable bonds is 5. The number of ether oxygens (including phenoxy) is 1. The van der Waals surface area contributed by atoms with Crippen LogP contribution in [0.4, 0.5) is 4.39 Å². The van der Waals surface area contributed by atoms with Gasteiger partial charge in [-0.15, -0.1) is 0 Å². The summed E-state index contributed by atoms with van der Waals surface area (Å²) in [5, 5.41) is 0.966. The van der Waals surface area contributed by atoms with Crippen LogP contribution in [0.3, 0.4) is 0 Å². The van der Waals surface area contributed by atoms with Gasteiger partial charge in [-0.3, -0.25) is 0 Å². The molecule has 13 heavy (non-hydrogen) atoms. The summed E-state index contributed by atoms with van der Waals surface area (Å²) in [5.41, 5.74) is 0. The zero-order chi connectivity index (χ0) is 9.52. The van der Waals surface area contributed by atoms with Gasteiger partial charge in [0, 0.05) is 5.33 Å². The standard InChI is InChI=1S/C10H12BrFO/c11-7-3-4-8-13-10-6-2-1-5-9(10)12/h1-2,5-6H,3-4,7-8H2. The van der Waals surface area contributed by atoms with Crippen molar-refractivity contribution >= 4 is 15.9 Å². The molecule has 1 nitrogen and oxygen atoms in total. The topological polar surface area (TPSA) is 9.23 Å². The van der Waals surface area contributed by atoms with Crippen LogP contribution in [0.25, 0.3) is 0 Å². The van der Waals surface area contributed by atoms with E-state index in [2.05, 4.69) is 15.9 Å². The Labute approximate surface area is 86.0 Å². The van der Waals surface area contributed by atoms with Crippen molar-refractivity contribution in [3.63, 3.8) is 0 Å². The van der Waals surface area contributed by atoms with Crippen molar-refractivity contribution in [2.75, 3.05) is 11.9 Å². The first-order valence-corrected chi connectivity index (χ1v) is 5.40. The Balaban J connectivity index is 2.32. The Morgan fingerprint density at radius 1 is 1.23 bits per heavy atom. The molecule has 3 heteroatoms. The van der Waals surface area contributed by atoms with Crippen LogP contribution >= 0.6 is 15.9 Å². The SMILES string of the molecule is Fc1ccccc1OCCCCBr. The normalized spacial score (nSPS) is 10.0. The molecule has 0 fully saturated rings. The van der Waals surface area contributed by atoms with Crippen molar-refractivity contribution in [3.05, 3.63) is 30.1 Å². The highest BCUT2D eigenvalue weighted by molar-refractivity contribution is 9.09. The van der Waals surface area contributed by atoms with E-state index in [-0.39, 0.29) is 5.82 Å². The zero-order valence-corrected chi connectivity index (χ0v) is 8.89. The average molecular weight is 247 g/mol. The van der Waals surface area contributed by atoms with Gasteiger partial charge in [-0.05, 0) is 25.0 Å². The molecular formula is C10H12BrFO. The fourth-order valence-electron chi connectivity index (χ4n) is 0.940. The van der Waals surface area contributed by atoms with Gasteiger partial charge in [0.25, 0.3) is 0 Å². The summed E-state index contributed by atoms with van der Waals surface area (Å²) in [6, 6.07) is 6.47. The van der Waals surface area contributed by atoms with Gasteiger partial charge >= 0.3 is 0 Å². The minimum absolute atomic E-state index is 0.290. The van der Waals surface area contributed by atoms with Crippen molar-refractivity contribution in [3.8, 4) is 5.75 Å². The van der Waals surface area contributed by atoms with Gasteiger partial charge in [-0.1, -0.05) is 28.1 Å². The first-order chi connectivity index (χ1) is 6.34. The summed E-state index contributed by atoms with van der Waals surface area (Å²) >= 11 is 3.32. The van der Waals surface area contributed by atoms with Crippen LogP contribution < -0.4 is 4.74 Å². The summed E-state index contributed by atoms with van der Waals surface area (Å²) in [4.78, 5) is 0. The average Bonchev–Trinajstić information content (AvgIpc) is 2.15. The van der Waals surface area contributed by atoms with Gasteiger partial charge in [0.15, 0.2) is 11.6 Å². The van der Waals surface area contributed by atoms with Gasteiger partial charge in [0.1, 0.15) is 0 Å². The molecule has 1 aromatic carbocycles. The van der Waals surface area contributed by atoms with E-state index < -0.39 is 0 Å². The molecule has 0 saturated heterocycles. The van der Waals surface area contributed by atoms with Crippen LogP contribution in [0.2, 0.25) is 0 Å². The molecule has 0 heterocycles. The molecule has 1 rings (SSSR count). The van der Waals surface area contributed by atoms with Crippen molar-refractivity contribution in [1.82, 2.24) is 0 Å². The third-order valence-corrected chi connectivity index (χ3v) is 2.18. The van der Waals surface area contributed by atoms with Crippen LogP contribution in [0, 0.1) is 5.82 Å². The second kappa shape index (κ2) is 5.97. The van der Waals surface area contributed by atoms with E-state index >= 15 is 0 Å².